The molecule has 0 aliphatic heterocycles. The predicted molar refractivity (Wildman–Crippen MR) is 127 cm³/mol. The Morgan fingerprint density at radius 3 is 2.35 bits per heavy atom. The first-order valence-electron chi connectivity index (χ1n) is 10.4. The molecular weight excluding hydrogens is 436 g/mol. The van der Waals surface area contributed by atoms with Crippen LogP contribution >= 0.6 is 0 Å². The number of benzene rings is 2. The van der Waals surface area contributed by atoms with Gasteiger partial charge in [-0.25, -0.2) is 9.50 Å². The lowest BCUT2D eigenvalue weighted by atomic mass is 10.1. The first kappa shape index (κ1) is 22.5. The molecule has 0 saturated carbocycles. The second-order valence-electron chi connectivity index (χ2n) is 7.41. The fraction of sp³-hybridized carbons (Fsp3) is 0.208. The Morgan fingerprint density at radius 2 is 1.79 bits per heavy atom. The van der Waals surface area contributed by atoms with Crippen molar-refractivity contribution in [2.24, 2.45) is 0 Å². The van der Waals surface area contributed by atoms with Crippen molar-refractivity contribution in [1.29, 1.82) is 5.26 Å². The molecule has 0 unspecified atom stereocenters. The SMILES string of the molecule is COc1cc(-c2nc3c(C#N)c[nH]n3c2Nc2ccc(CNC(C)=O)cc2)cc(OC)c1OC. The number of nitrogens with zero attached hydrogens (tertiary/aromatic N) is 3. The maximum atomic E-state index is 11.2. The average Bonchev–Trinajstić information content (AvgIpc) is 3.42. The summed E-state index contributed by atoms with van der Waals surface area (Å²) in [6.07, 6.45) is 1.60. The van der Waals surface area contributed by atoms with Gasteiger partial charge in [0.1, 0.15) is 17.3 Å². The molecule has 0 atom stereocenters. The molecule has 0 bridgehead atoms. The number of imidazole rings is 1. The van der Waals surface area contributed by atoms with Crippen LogP contribution in [0.5, 0.6) is 17.2 Å². The van der Waals surface area contributed by atoms with E-state index in [4.69, 9.17) is 19.2 Å². The van der Waals surface area contributed by atoms with E-state index in [0.29, 0.717) is 52.1 Å². The third-order valence-corrected chi connectivity index (χ3v) is 5.27. The molecule has 0 aliphatic carbocycles. The van der Waals surface area contributed by atoms with Crippen LogP contribution in [0.15, 0.2) is 42.6 Å². The van der Waals surface area contributed by atoms with E-state index >= 15 is 0 Å². The van der Waals surface area contributed by atoms with Crippen molar-refractivity contribution >= 4 is 23.1 Å². The minimum absolute atomic E-state index is 0.0844. The van der Waals surface area contributed by atoms with Gasteiger partial charge in [-0.3, -0.25) is 9.89 Å². The number of fused-ring (bicyclic) bond motifs is 1. The lowest BCUT2D eigenvalue weighted by Gasteiger charge is -2.14. The maximum Gasteiger partial charge on any atom is 0.217 e. The number of hydrogen-bond donors (Lipinski definition) is 3. The summed E-state index contributed by atoms with van der Waals surface area (Å²) in [6.45, 7) is 1.93. The lowest BCUT2D eigenvalue weighted by Crippen LogP contribution is -2.18. The van der Waals surface area contributed by atoms with Crippen molar-refractivity contribution in [3.05, 3.63) is 53.7 Å². The highest BCUT2D eigenvalue weighted by Crippen LogP contribution is 2.43. The minimum Gasteiger partial charge on any atom is -0.493 e. The van der Waals surface area contributed by atoms with E-state index in [0.717, 1.165) is 11.3 Å². The third-order valence-electron chi connectivity index (χ3n) is 5.27. The number of nitrogens with one attached hydrogen (secondary N) is 3. The van der Waals surface area contributed by atoms with E-state index in [1.54, 1.807) is 44.2 Å². The average molecular weight is 460 g/mol. The van der Waals surface area contributed by atoms with Gasteiger partial charge in [-0.15, -0.1) is 0 Å². The zero-order valence-electron chi connectivity index (χ0n) is 19.2. The van der Waals surface area contributed by atoms with Gasteiger partial charge in [0.05, 0.1) is 21.3 Å². The molecule has 10 heteroatoms. The van der Waals surface area contributed by atoms with Crippen LogP contribution in [0.25, 0.3) is 16.9 Å². The quantitative estimate of drug-likeness (QED) is 0.367. The van der Waals surface area contributed by atoms with E-state index < -0.39 is 0 Å². The molecule has 1 amide bonds. The number of carbonyl (C=O) groups excluding carboxylic acids is 1. The van der Waals surface area contributed by atoms with Crippen LogP contribution < -0.4 is 24.8 Å². The topological polar surface area (TPSA) is 126 Å². The summed E-state index contributed by atoms with van der Waals surface area (Å²) < 4.78 is 18.1. The number of aromatic nitrogens is 3. The molecule has 2 aromatic heterocycles. The van der Waals surface area contributed by atoms with E-state index in [-0.39, 0.29) is 5.91 Å². The fourth-order valence-corrected chi connectivity index (χ4v) is 3.61. The number of anilines is 2. The van der Waals surface area contributed by atoms with Crippen LogP contribution in [-0.4, -0.2) is 41.8 Å². The molecule has 0 spiro atoms. The number of aromatic amines is 1. The second-order valence-corrected chi connectivity index (χ2v) is 7.41. The zero-order valence-corrected chi connectivity index (χ0v) is 19.2. The monoisotopic (exact) mass is 460 g/mol. The summed E-state index contributed by atoms with van der Waals surface area (Å²) >= 11 is 0. The molecule has 2 aromatic carbocycles. The van der Waals surface area contributed by atoms with E-state index in [9.17, 15) is 10.1 Å². The normalized spacial score (nSPS) is 10.6. The van der Waals surface area contributed by atoms with E-state index in [1.807, 2.05) is 24.3 Å². The van der Waals surface area contributed by atoms with E-state index in [1.165, 1.54) is 6.92 Å². The summed E-state index contributed by atoms with van der Waals surface area (Å²) in [5, 5.41) is 18.7. The van der Waals surface area contributed by atoms with Gasteiger partial charge in [0, 0.05) is 30.9 Å². The fourth-order valence-electron chi connectivity index (χ4n) is 3.61. The molecule has 0 radical (unpaired) electrons. The molecule has 174 valence electrons. The number of nitriles is 1. The van der Waals surface area contributed by atoms with Crippen LogP contribution in [0, 0.1) is 11.3 Å². The molecule has 4 rings (SSSR count). The first-order valence-corrected chi connectivity index (χ1v) is 10.4. The summed E-state index contributed by atoms with van der Waals surface area (Å²) in [6, 6.07) is 13.4. The largest absolute Gasteiger partial charge is 0.493 e. The number of rotatable bonds is 8. The standard InChI is InChI=1S/C24H24N6O4/c1-14(31)26-12-15-5-7-18(8-6-15)28-24-21(29-23-17(11-25)13-27-30(23)24)16-9-19(32-2)22(34-4)20(10-16)33-3/h5-10,13,27-28H,12H2,1-4H3,(H,26,31). The predicted octanol–water partition coefficient (Wildman–Crippen LogP) is 3.61. The van der Waals surface area contributed by atoms with Crippen LogP contribution in [0.2, 0.25) is 0 Å². The van der Waals surface area contributed by atoms with Gasteiger partial charge in [0.15, 0.2) is 23.0 Å². The molecule has 0 fully saturated rings. The van der Waals surface area contributed by atoms with Gasteiger partial charge < -0.3 is 24.8 Å². The smallest absolute Gasteiger partial charge is 0.217 e. The summed E-state index contributed by atoms with van der Waals surface area (Å²) in [4.78, 5) is 15.9. The van der Waals surface area contributed by atoms with Crippen LogP contribution in [0.4, 0.5) is 11.5 Å². The Labute approximate surface area is 196 Å². The lowest BCUT2D eigenvalue weighted by molar-refractivity contribution is -0.119. The van der Waals surface area contributed by atoms with Crippen molar-refractivity contribution in [3.8, 4) is 34.6 Å². The first-order chi connectivity index (χ1) is 16.5. The number of amides is 1. The number of methoxy groups -OCH3 is 3. The van der Waals surface area contributed by atoms with Crippen LogP contribution in [0.3, 0.4) is 0 Å². The molecule has 4 aromatic rings. The van der Waals surface area contributed by atoms with Gasteiger partial charge in [-0.1, -0.05) is 12.1 Å². The number of carbonyl (C=O) groups is 1. The Kier molecular flexibility index (Phi) is 6.27. The molecule has 3 N–H and O–H groups in total. The highest BCUT2D eigenvalue weighted by atomic mass is 16.5. The Morgan fingerprint density at radius 1 is 1.12 bits per heavy atom. The van der Waals surface area contributed by atoms with Crippen molar-refractivity contribution in [2.75, 3.05) is 26.6 Å². The second kappa shape index (κ2) is 9.46. The molecule has 0 aliphatic rings. The van der Waals surface area contributed by atoms with Gasteiger partial charge in [-0.05, 0) is 29.8 Å². The van der Waals surface area contributed by atoms with Crippen molar-refractivity contribution in [1.82, 2.24) is 19.9 Å². The van der Waals surface area contributed by atoms with Crippen LogP contribution in [0.1, 0.15) is 18.1 Å². The van der Waals surface area contributed by atoms with Gasteiger partial charge >= 0.3 is 0 Å². The molecule has 2 heterocycles. The Balaban J connectivity index is 1.79. The summed E-state index contributed by atoms with van der Waals surface area (Å²) in [5.41, 5.74) is 3.96. The molecule has 10 nitrogen and oxygen atoms in total. The van der Waals surface area contributed by atoms with Crippen molar-refractivity contribution in [3.63, 3.8) is 0 Å². The van der Waals surface area contributed by atoms with Gasteiger partial charge in [0.2, 0.25) is 11.7 Å². The highest BCUT2D eigenvalue weighted by molar-refractivity contribution is 5.83. The summed E-state index contributed by atoms with van der Waals surface area (Å²) in [5.74, 6) is 1.99. The van der Waals surface area contributed by atoms with Crippen molar-refractivity contribution < 1.29 is 19.0 Å². The van der Waals surface area contributed by atoms with Crippen molar-refractivity contribution in [2.45, 2.75) is 13.5 Å². The number of hydrogen-bond acceptors (Lipinski definition) is 7. The number of ether oxygens (including phenoxy) is 3. The van der Waals surface area contributed by atoms with Crippen LogP contribution in [-0.2, 0) is 11.3 Å². The molecule has 34 heavy (non-hydrogen) atoms. The maximum absolute atomic E-state index is 11.2. The zero-order chi connectivity index (χ0) is 24.2. The third kappa shape index (κ3) is 4.19. The molecule has 0 saturated heterocycles. The highest BCUT2D eigenvalue weighted by Gasteiger charge is 2.22. The van der Waals surface area contributed by atoms with E-state index in [2.05, 4.69) is 21.8 Å². The van der Waals surface area contributed by atoms with Gasteiger partial charge in [0.25, 0.3) is 0 Å². The Bertz CT molecular complexity index is 1360. The number of H-pyrrole nitrogens is 1. The summed E-state index contributed by atoms with van der Waals surface area (Å²) in [7, 11) is 4.64. The van der Waals surface area contributed by atoms with Gasteiger partial charge in [-0.2, -0.15) is 5.26 Å². The Hall–Kier alpha value is -4.65. The minimum atomic E-state index is -0.0844. The molecular formula is C24H24N6O4.